The lowest BCUT2D eigenvalue weighted by atomic mass is 9.95. The molecule has 0 saturated heterocycles. The number of hydrogen-bond donors (Lipinski definition) is 0. The first-order valence-electron chi connectivity index (χ1n) is 10.5. The number of ether oxygens (including phenoxy) is 1. The summed E-state index contributed by atoms with van der Waals surface area (Å²) in [5.74, 6) is -0.371. The Kier molecular flexibility index (Phi) is 6.24. The van der Waals surface area contributed by atoms with E-state index in [0.717, 1.165) is 19.3 Å². The molecule has 0 saturated carbocycles. The van der Waals surface area contributed by atoms with Gasteiger partial charge in [0.15, 0.2) is 0 Å². The first-order valence-corrected chi connectivity index (χ1v) is 10.5. The minimum absolute atomic E-state index is 0.371. The summed E-state index contributed by atoms with van der Waals surface area (Å²) >= 11 is 0. The first-order chi connectivity index (χ1) is 14.7. The van der Waals surface area contributed by atoms with Crippen molar-refractivity contribution < 1.29 is 9.53 Å². The number of carbonyl (C=O) groups is 1. The van der Waals surface area contributed by atoms with E-state index < -0.39 is 0 Å². The summed E-state index contributed by atoms with van der Waals surface area (Å²) in [7, 11) is 0. The van der Waals surface area contributed by atoms with Crippen molar-refractivity contribution in [1.29, 1.82) is 0 Å². The van der Waals surface area contributed by atoms with Crippen LogP contribution in [0.2, 0.25) is 0 Å². The van der Waals surface area contributed by atoms with Crippen LogP contribution in [0.15, 0.2) is 91.5 Å². The zero-order valence-electron chi connectivity index (χ0n) is 17.1. The van der Waals surface area contributed by atoms with Crippen LogP contribution in [0.5, 0.6) is 0 Å². The number of esters is 1. The molecule has 4 aromatic carbocycles. The Morgan fingerprint density at radius 2 is 1.47 bits per heavy atom. The van der Waals surface area contributed by atoms with E-state index in [2.05, 4.69) is 85.4 Å². The Morgan fingerprint density at radius 3 is 2.20 bits per heavy atom. The molecule has 0 heterocycles. The molecule has 4 aromatic rings. The molecule has 0 atom stereocenters. The highest BCUT2D eigenvalue weighted by atomic mass is 16.5. The van der Waals surface area contributed by atoms with Crippen molar-refractivity contribution >= 4 is 27.5 Å². The SMILES string of the molecule is C=CC(=O)OCCc1cccc2c(CCCc3ccc4ccccc4c3)cccc12. The van der Waals surface area contributed by atoms with Crippen molar-refractivity contribution in [3.63, 3.8) is 0 Å². The predicted octanol–water partition coefficient (Wildman–Crippen LogP) is 6.44. The highest BCUT2D eigenvalue weighted by Crippen LogP contribution is 2.25. The Balaban J connectivity index is 1.45. The van der Waals surface area contributed by atoms with Crippen molar-refractivity contribution in [2.75, 3.05) is 6.61 Å². The van der Waals surface area contributed by atoms with Crippen LogP contribution in [0, 0.1) is 0 Å². The smallest absolute Gasteiger partial charge is 0.330 e. The van der Waals surface area contributed by atoms with Crippen molar-refractivity contribution in [3.05, 3.63) is 108 Å². The van der Waals surface area contributed by atoms with E-state index in [-0.39, 0.29) is 5.97 Å². The molecular weight excluding hydrogens is 368 g/mol. The molecule has 0 bridgehead atoms. The summed E-state index contributed by atoms with van der Waals surface area (Å²) in [6.07, 6.45) is 5.13. The molecule has 0 unspecified atom stereocenters. The molecule has 4 rings (SSSR count). The Bertz CT molecular complexity index is 1190. The number of hydrogen-bond acceptors (Lipinski definition) is 2. The molecule has 0 radical (unpaired) electrons. The van der Waals surface area contributed by atoms with Gasteiger partial charge in [-0.2, -0.15) is 0 Å². The second-order valence-corrected chi connectivity index (χ2v) is 7.59. The minimum Gasteiger partial charge on any atom is -0.462 e. The van der Waals surface area contributed by atoms with Crippen LogP contribution in [-0.2, 0) is 28.8 Å². The summed E-state index contributed by atoms with van der Waals surface area (Å²) in [5, 5.41) is 5.14. The molecule has 0 spiro atoms. The average Bonchev–Trinajstić information content (AvgIpc) is 2.79. The molecule has 2 heteroatoms. The largest absolute Gasteiger partial charge is 0.462 e. The van der Waals surface area contributed by atoms with Crippen LogP contribution in [0.25, 0.3) is 21.5 Å². The summed E-state index contributed by atoms with van der Waals surface area (Å²) in [6.45, 7) is 3.81. The maximum atomic E-state index is 11.3. The van der Waals surface area contributed by atoms with E-state index in [4.69, 9.17) is 4.74 Å². The molecular formula is C28H26O2. The van der Waals surface area contributed by atoms with Crippen molar-refractivity contribution in [3.8, 4) is 0 Å². The van der Waals surface area contributed by atoms with Gasteiger partial charge in [-0.15, -0.1) is 0 Å². The third-order valence-corrected chi connectivity index (χ3v) is 5.61. The fraction of sp³-hybridized carbons (Fsp3) is 0.179. The van der Waals surface area contributed by atoms with E-state index in [0.29, 0.717) is 13.0 Å². The van der Waals surface area contributed by atoms with Crippen LogP contribution in [0.3, 0.4) is 0 Å². The second kappa shape index (κ2) is 9.41. The molecule has 30 heavy (non-hydrogen) atoms. The van der Waals surface area contributed by atoms with Gasteiger partial charge in [0, 0.05) is 12.5 Å². The molecule has 0 fully saturated rings. The molecule has 0 N–H and O–H groups in total. The summed E-state index contributed by atoms with van der Waals surface area (Å²) in [6, 6.07) is 28.2. The van der Waals surface area contributed by atoms with E-state index in [9.17, 15) is 4.79 Å². The van der Waals surface area contributed by atoms with Crippen LogP contribution in [0.1, 0.15) is 23.1 Å². The molecule has 150 valence electrons. The van der Waals surface area contributed by atoms with Crippen LogP contribution < -0.4 is 0 Å². The number of benzene rings is 4. The van der Waals surface area contributed by atoms with E-state index in [1.807, 2.05) is 0 Å². The van der Waals surface area contributed by atoms with Crippen LogP contribution in [0.4, 0.5) is 0 Å². The van der Waals surface area contributed by atoms with Gasteiger partial charge >= 0.3 is 5.97 Å². The third-order valence-electron chi connectivity index (χ3n) is 5.61. The molecule has 0 aliphatic carbocycles. The molecule has 0 aromatic heterocycles. The Labute approximate surface area is 177 Å². The first kappa shape index (κ1) is 19.9. The number of aryl methyl sites for hydroxylation is 2. The van der Waals surface area contributed by atoms with Crippen molar-refractivity contribution in [2.45, 2.75) is 25.7 Å². The van der Waals surface area contributed by atoms with Gasteiger partial charge < -0.3 is 4.74 Å². The predicted molar refractivity (Wildman–Crippen MR) is 125 cm³/mol. The van der Waals surface area contributed by atoms with E-state index >= 15 is 0 Å². The average molecular weight is 395 g/mol. The Hall–Kier alpha value is -3.39. The van der Waals surface area contributed by atoms with Crippen LogP contribution in [-0.4, -0.2) is 12.6 Å². The molecule has 0 amide bonds. The van der Waals surface area contributed by atoms with Gasteiger partial charge in [0.25, 0.3) is 0 Å². The van der Waals surface area contributed by atoms with Gasteiger partial charge in [0.2, 0.25) is 0 Å². The van der Waals surface area contributed by atoms with Crippen molar-refractivity contribution in [1.82, 2.24) is 0 Å². The molecule has 0 aliphatic rings. The van der Waals surface area contributed by atoms with Gasteiger partial charge in [0.1, 0.15) is 0 Å². The fourth-order valence-corrected chi connectivity index (χ4v) is 4.07. The monoisotopic (exact) mass is 394 g/mol. The zero-order valence-corrected chi connectivity index (χ0v) is 17.1. The number of rotatable bonds is 8. The third kappa shape index (κ3) is 4.60. The van der Waals surface area contributed by atoms with E-state index in [1.54, 1.807) is 0 Å². The van der Waals surface area contributed by atoms with Gasteiger partial charge in [-0.25, -0.2) is 4.79 Å². The summed E-state index contributed by atoms with van der Waals surface area (Å²) in [5.41, 5.74) is 3.97. The highest BCUT2D eigenvalue weighted by Gasteiger charge is 2.06. The second-order valence-electron chi connectivity index (χ2n) is 7.59. The highest BCUT2D eigenvalue weighted by molar-refractivity contribution is 5.89. The van der Waals surface area contributed by atoms with Gasteiger partial charge in [-0.05, 0) is 57.5 Å². The maximum absolute atomic E-state index is 11.3. The van der Waals surface area contributed by atoms with E-state index in [1.165, 1.54) is 44.3 Å². The van der Waals surface area contributed by atoms with Gasteiger partial charge in [-0.3, -0.25) is 0 Å². The number of carbonyl (C=O) groups excluding carboxylic acids is 1. The Morgan fingerprint density at radius 1 is 0.767 bits per heavy atom. The minimum atomic E-state index is -0.371. The maximum Gasteiger partial charge on any atom is 0.330 e. The zero-order chi connectivity index (χ0) is 20.8. The number of fused-ring (bicyclic) bond motifs is 2. The standard InChI is InChI=1S/C28H26O2/c1-2-28(29)30-19-18-24-13-7-14-26-23(12-6-15-27(24)26)11-5-8-21-16-17-22-9-3-4-10-25(22)20-21/h2-4,6-7,9-10,12-17,20H,1,5,8,11,18-19H2. The lowest BCUT2D eigenvalue weighted by molar-refractivity contribution is -0.137. The normalized spacial score (nSPS) is 10.9. The quantitative estimate of drug-likeness (QED) is 0.254. The van der Waals surface area contributed by atoms with Gasteiger partial charge in [0.05, 0.1) is 6.61 Å². The molecule has 0 aliphatic heterocycles. The lowest BCUT2D eigenvalue weighted by Gasteiger charge is -2.11. The van der Waals surface area contributed by atoms with Crippen molar-refractivity contribution in [2.24, 2.45) is 0 Å². The van der Waals surface area contributed by atoms with Crippen LogP contribution >= 0.6 is 0 Å². The summed E-state index contributed by atoms with van der Waals surface area (Å²) in [4.78, 5) is 11.3. The lowest BCUT2D eigenvalue weighted by Crippen LogP contribution is -2.04. The molecule has 2 nitrogen and oxygen atoms in total. The summed E-state index contributed by atoms with van der Waals surface area (Å²) < 4.78 is 5.16. The van der Waals surface area contributed by atoms with Gasteiger partial charge in [-0.1, -0.05) is 85.4 Å². The topological polar surface area (TPSA) is 26.3 Å². The fourth-order valence-electron chi connectivity index (χ4n) is 4.07.